The Kier molecular flexibility index (Phi) is 7.77. The Bertz CT molecular complexity index is 860. The van der Waals surface area contributed by atoms with E-state index < -0.39 is 28.7 Å². The number of aliphatic hydroxyl groups is 1. The van der Waals surface area contributed by atoms with Crippen molar-refractivity contribution in [1.29, 1.82) is 0 Å². The molecule has 0 aromatic rings. The van der Waals surface area contributed by atoms with Crippen molar-refractivity contribution >= 4 is 29.5 Å². The smallest absolute Gasteiger partial charge is 0.311 e. The molecule has 0 radical (unpaired) electrons. The number of cyclic esters (lactones) is 1. The molecule has 4 rings (SSSR count). The third-order valence-corrected chi connectivity index (χ3v) is 9.76. The molecule has 7 nitrogen and oxygen atoms in total. The molecule has 0 bridgehead atoms. The molecular formula is C26H38N2O5S. The van der Waals surface area contributed by atoms with Gasteiger partial charge < -0.3 is 19.6 Å². The largest absolute Gasteiger partial charge is 0.465 e. The third kappa shape index (κ3) is 4.11. The third-order valence-electron chi connectivity index (χ3n) is 8.02. The molecule has 34 heavy (non-hydrogen) atoms. The summed E-state index contributed by atoms with van der Waals surface area (Å²) in [6.45, 7) is 7.40. The van der Waals surface area contributed by atoms with Crippen LogP contribution in [-0.4, -0.2) is 81.1 Å². The summed E-state index contributed by atoms with van der Waals surface area (Å²) in [5.74, 6) is -1.94. The van der Waals surface area contributed by atoms with Gasteiger partial charge in [0, 0.05) is 18.3 Å². The fourth-order valence-corrected chi connectivity index (χ4v) is 8.01. The first-order valence-electron chi connectivity index (χ1n) is 12.8. The first kappa shape index (κ1) is 25.3. The minimum atomic E-state index is -0.850. The van der Waals surface area contributed by atoms with E-state index in [2.05, 4.69) is 6.92 Å². The van der Waals surface area contributed by atoms with E-state index in [1.54, 1.807) is 16.7 Å². The maximum atomic E-state index is 14.2. The highest BCUT2D eigenvalue weighted by Gasteiger charge is 2.71. The Morgan fingerprint density at radius 3 is 2.71 bits per heavy atom. The zero-order chi connectivity index (χ0) is 24.5. The summed E-state index contributed by atoms with van der Waals surface area (Å²) >= 11 is 1.56. The number of aliphatic hydroxyl groups excluding tert-OH is 1. The predicted molar refractivity (Wildman–Crippen MR) is 132 cm³/mol. The minimum absolute atomic E-state index is 0.0170. The van der Waals surface area contributed by atoms with E-state index >= 15 is 0 Å². The molecule has 2 saturated heterocycles. The highest BCUT2D eigenvalue weighted by molar-refractivity contribution is 8.02. The van der Waals surface area contributed by atoms with Crippen LogP contribution in [0.1, 0.15) is 52.9 Å². The number of likely N-dealkylation sites (tertiary alicyclic amines) is 1. The maximum Gasteiger partial charge on any atom is 0.311 e. The molecule has 1 N–H and O–H groups in total. The van der Waals surface area contributed by atoms with Crippen molar-refractivity contribution in [3.8, 4) is 0 Å². The lowest BCUT2D eigenvalue weighted by molar-refractivity contribution is -0.154. The van der Waals surface area contributed by atoms with E-state index in [0.717, 1.165) is 25.7 Å². The quantitative estimate of drug-likeness (QED) is 0.320. The number of rotatable bonds is 8. The van der Waals surface area contributed by atoms with E-state index in [4.69, 9.17) is 4.74 Å². The number of thioether (sulfide) groups is 1. The summed E-state index contributed by atoms with van der Waals surface area (Å²) in [5, 5.41) is 10.2. The summed E-state index contributed by atoms with van der Waals surface area (Å²) in [6.07, 6.45) is 12.5. The van der Waals surface area contributed by atoms with Gasteiger partial charge in [0.15, 0.2) is 0 Å². The van der Waals surface area contributed by atoms with Crippen LogP contribution in [0.4, 0.5) is 0 Å². The van der Waals surface area contributed by atoms with E-state index in [0.29, 0.717) is 26.1 Å². The van der Waals surface area contributed by atoms with Crippen LogP contribution in [0.25, 0.3) is 0 Å². The first-order valence-corrected chi connectivity index (χ1v) is 13.7. The molecule has 4 aliphatic heterocycles. The molecule has 0 aromatic carbocycles. The molecular weight excluding hydrogens is 452 g/mol. The topological polar surface area (TPSA) is 87.2 Å². The molecule has 7 atom stereocenters. The van der Waals surface area contributed by atoms with Gasteiger partial charge in [0.05, 0.1) is 35.8 Å². The highest BCUT2D eigenvalue weighted by atomic mass is 32.2. The summed E-state index contributed by atoms with van der Waals surface area (Å²) in [5.41, 5.74) is 0. The molecule has 4 heterocycles. The average Bonchev–Trinajstić information content (AvgIpc) is 3.20. The van der Waals surface area contributed by atoms with Gasteiger partial charge in [-0.1, -0.05) is 64.3 Å². The first-order chi connectivity index (χ1) is 16.4. The Morgan fingerprint density at radius 1 is 1.21 bits per heavy atom. The monoisotopic (exact) mass is 490 g/mol. The molecule has 4 aliphatic rings. The second-order valence-corrected chi connectivity index (χ2v) is 11.5. The van der Waals surface area contributed by atoms with Gasteiger partial charge >= 0.3 is 5.97 Å². The lowest BCUT2D eigenvalue weighted by atomic mass is 9.78. The van der Waals surface area contributed by atoms with Crippen molar-refractivity contribution < 1.29 is 24.2 Å². The Balaban J connectivity index is 1.81. The van der Waals surface area contributed by atoms with Crippen LogP contribution in [-0.2, 0) is 19.1 Å². The number of carbonyl (C=O) groups excluding carboxylic acids is 3. The van der Waals surface area contributed by atoms with Gasteiger partial charge in [0.2, 0.25) is 11.8 Å². The molecule has 188 valence electrons. The molecule has 0 aliphatic carbocycles. The van der Waals surface area contributed by atoms with Crippen molar-refractivity contribution in [3.63, 3.8) is 0 Å². The van der Waals surface area contributed by atoms with Crippen LogP contribution in [0.3, 0.4) is 0 Å². The molecule has 1 unspecified atom stereocenters. The maximum absolute atomic E-state index is 14.2. The predicted octanol–water partition coefficient (Wildman–Crippen LogP) is 2.78. The second-order valence-electron chi connectivity index (χ2n) is 10.0. The van der Waals surface area contributed by atoms with Crippen molar-refractivity contribution in [2.75, 3.05) is 26.3 Å². The van der Waals surface area contributed by atoms with Crippen molar-refractivity contribution in [3.05, 3.63) is 24.3 Å². The van der Waals surface area contributed by atoms with Crippen molar-refractivity contribution in [1.82, 2.24) is 9.80 Å². The van der Waals surface area contributed by atoms with Crippen molar-refractivity contribution in [2.45, 2.75) is 75.0 Å². The fraction of sp³-hybridized carbons (Fsp3) is 0.731. The van der Waals surface area contributed by atoms with Gasteiger partial charge in [-0.15, -0.1) is 11.8 Å². The second kappa shape index (κ2) is 10.4. The number of unbranched alkanes of at least 4 members (excludes halogenated alkanes) is 2. The lowest BCUT2D eigenvalue weighted by Gasteiger charge is -2.40. The van der Waals surface area contributed by atoms with Crippen LogP contribution in [0.2, 0.25) is 0 Å². The summed E-state index contributed by atoms with van der Waals surface area (Å²) in [7, 11) is 0. The van der Waals surface area contributed by atoms with Crippen molar-refractivity contribution in [2.24, 2.45) is 17.8 Å². The van der Waals surface area contributed by atoms with E-state index in [9.17, 15) is 19.5 Å². The van der Waals surface area contributed by atoms with Crippen LogP contribution in [0, 0.1) is 17.8 Å². The summed E-state index contributed by atoms with van der Waals surface area (Å²) in [6, 6.07) is -1.21. The molecule has 1 spiro atoms. The standard InChI is InChI=1S/C26H38N2O5S/c1-4-6-8-13-27-14-10-12-26-21(20-19(34-26)11-7-9-15-33-25(20)32)23(30)28(22(26)24(27)31)18(16-29)17(3)5-2/h7,10-12,17-22,29H,4-6,8-9,13-16H2,1-3H3/t17-,18-,19-,20+,21-,22?,26-/m0/s1. The molecule has 2 amide bonds. The van der Waals surface area contributed by atoms with Crippen LogP contribution < -0.4 is 0 Å². The number of nitrogens with zero attached hydrogens (tertiary/aromatic N) is 2. The summed E-state index contributed by atoms with van der Waals surface area (Å²) in [4.78, 5) is 44.9. The number of amides is 2. The van der Waals surface area contributed by atoms with E-state index in [1.165, 1.54) is 0 Å². The zero-order valence-electron chi connectivity index (χ0n) is 20.5. The number of ether oxygens (including phenoxy) is 1. The SMILES string of the molecule is CCCCCN1CC=C[C@]23S[C@H]4C=CCCOC(=O)[C@H]4[C@H]2C(=O)N([C@@H](CO)[C@@H](C)CC)C3C1=O. The van der Waals surface area contributed by atoms with Gasteiger partial charge in [-0.3, -0.25) is 14.4 Å². The fourth-order valence-electron chi connectivity index (χ4n) is 6.02. The number of hydrogen-bond donors (Lipinski definition) is 1. The van der Waals surface area contributed by atoms with Gasteiger partial charge in [0.1, 0.15) is 6.04 Å². The van der Waals surface area contributed by atoms with Gasteiger partial charge in [-0.2, -0.15) is 0 Å². The van der Waals surface area contributed by atoms with E-state index in [-0.39, 0.29) is 35.6 Å². The zero-order valence-corrected chi connectivity index (χ0v) is 21.3. The Labute approximate surface area is 206 Å². The van der Waals surface area contributed by atoms with Crippen LogP contribution >= 0.6 is 11.8 Å². The molecule has 8 heteroatoms. The normalized spacial score (nSPS) is 34.6. The number of hydrogen-bond acceptors (Lipinski definition) is 6. The molecule has 0 aromatic heterocycles. The Hall–Kier alpha value is -1.80. The summed E-state index contributed by atoms with van der Waals surface area (Å²) < 4.78 is 4.67. The highest BCUT2D eigenvalue weighted by Crippen LogP contribution is 2.61. The van der Waals surface area contributed by atoms with Gasteiger partial charge in [-0.05, 0) is 18.8 Å². The van der Waals surface area contributed by atoms with Gasteiger partial charge in [-0.25, -0.2) is 0 Å². The number of carbonyl (C=O) groups is 3. The molecule has 2 fully saturated rings. The number of fused-ring (bicyclic) bond motifs is 2. The van der Waals surface area contributed by atoms with Crippen LogP contribution in [0.15, 0.2) is 24.3 Å². The van der Waals surface area contributed by atoms with Gasteiger partial charge in [0.25, 0.3) is 0 Å². The number of esters is 1. The van der Waals surface area contributed by atoms with E-state index in [1.807, 2.05) is 43.1 Å². The lowest BCUT2D eigenvalue weighted by Crippen LogP contribution is -2.57. The average molecular weight is 491 g/mol. The minimum Gasteiger partial charge on any atom is -0.465 e. The molecule has 0 saturated carbocycles. The van der Waals surface area contributed by atoms with Crippen LogP contribution in [0.5, 0.6) is 0 Å². The Morgan fingerprint density at radius 2 is 2.00 bits per heavy atom.